The second-order valence-electron chi connectivity index (χ2n) is 14.7. The van der Waals surface area contributed by atoms with E-state index in [9.17, 15) is 41.1 Å². The molecule has 0 aromatic heterocycles. The second kappa shape index (κ2) is 17.2. The lowest BCUT2D eigenvalue weighted by molar-refractivity contribution is -0.167. The Balaban J connectivity index is 2.23. The summed E-state index contributed by atoms with van der Waals surface area (Å²) in [6, 6.07) is 12.3. The van der Waals surface area contributed by atoms with E-state index in [0.717, 1.165) is 17.7 Å². The molecule has 0 aliphatic rings. The van der Waals surface area contributed by atoms with E-state index < -0.39 is 69.0 Å². The highest BCUT2D eigenvalue weighted by Crippen LogP contribution is 2.30. The Hall–Kier alpha value is -3.79. The molecule has 4 atom stereocenters. The molecule has 284 valence electrons. The Labute approximate surface area is 299 Å². The molecule has 51 heavy (non-hydrogen) atoms. The SMILES string of the molecule is CN[C@H](C(=O)N[C@H](C(O)N(C)[C@H](/C=C(\C)C(=O)NS(=O)(=O)Cc1ccc(NC(=O)C(F)(F)F)cc1)C(C)C)C(C)(C)C)C(C)(C)c1ccccc1. The quantitative estimate of drug-likeness (QED) is 0.133. The highest BCUT2D eigenvalue weighted by atomic mass is 32.2. The number of rotatable bonds is 15. The van der Waals surface area contributed by atoms with Crippen LogP contribution in [0.3, 0.4) is 0 Å². The number of hydrogen-bond donors (Lipinski definition) is 5. The molecule has 2 aromatic rings. The summed E-state index contributed by atoms with van der Waals surface area (Å²) in [6.45, 7) is 14.8. The standard InChI is InChI=1S/C36H52F3N5O6S/c1-22(2)27(20-23(3)30(45)43-51(49,50)21-24-16-18-26(19-17-24)41-33(48)36(37,38)39)44(10)32(47)29(34(4,5)6)42-31(46)28(40-9)35(7,8)25-14-12-11-13-15-25/h11-20,22,27-29,32,40,47H,21H2,1-10H3,(H,41,48)(H,42,46)(H,43,45)/b23-20+/t27-,28-,29-,32?/m1/s1. The number of nitrogens with one attached hydrogen (secondary N) is 4. The Morgan fingerprint density at radius 1 is 0.941 bits per heavy atom. The lowest BCUT2D eigenvalue weighted by Gasteiger charge is -2.43. The van der Waals surface area contributed by atoms with E-state index in [2.05, 4.69) is 10.6 Å². The van der Waals surface area contributed by atoms with Crippen LogP contribution in [0.1, 0.15) is 66.5 Å². The summed E-state index contributed by atoms with van der Waals surface area (Å²) in [4.78, 5) is 39.7. The number of nitrogens with zero attached hydrogens (tertiary/aromatic N) is 1. The van der Waals surface area contributed by atoms with Crippen molar-refractivity contribution in [2.45, 2.75) is 97.1 Å². The molecule has 5 N–H and O–H groups in total. The Morgan fingerprint density at radius 2 is 1.49 bits per heavy atom. The van der Waals surface area contributed by atoms with Crippen molar-refractivity contribution in [3.05, 3.63) is 77.4 Å². The average molecular weight is 740 g/mol. The number of sulfonamides is 1. The number of hydrogen-bond acceptors (Lipinski definition) is 8. The number of benzene rings is 2. The Bertz CT molecular complexity index is 1640. The smallest absolute Gasteiger partial charge is 0.376 e. The fraction of sp³-hybridized carbons (Fsp3) is 0.528. The molecule has 0 fully saturated rings. The predicted molar refractivity (Wildman–Crippen MR) is 192 cm³/mol. The third-order valence-corrected chi connectivity index (χ3v) is 9.95. The number of amides is 3. The van der Waals surface area contributed by atoms with Crippen LogP contribution in [0.4, 0.5) is 18.9 Å². The maximum absolute atomic E-state index is 13.8. The summed E-state index contributed by atoms with van der Waals surface area (Å²) >= 11 is 0. The highest BCUT2D eigenvalue weighted by molar-refractivity contribution is 7.89. The zero-order valence-corrected chi connectivity index (χ0v) is 31.7. The highest BCUT2D eigenvalue weighted by Gasteiger charge is 2.42. The summed E-state index contributed by atoms with van der Waals surface area (Å²) in [5.74, 6) is -4.21. The van der Waals surface area contributed by atoms with Gasteiger partial charge < -0.3 is 21.1 Å². The first-order valence-electron chi connectivity index (χ1n) is 16.4. The van der Waals surface area contributed by atoms with Crippen LogP contribution in [0.5, 0.6) is 0 Å². The van der Waals surface area contributed by atoms with Gasteiger partial charge in [-0.1, -0.05) is 97.0 Å². The minimum Gasteiger partial charge on any atom is -0.376 e. The molecular formula is C36H52F3N5O6S. The summed E-state index contributed by atoms with van der Waals surface area (Å²) in [5, 5.41) is 19.6. The molecule has 0 saturated carbocycles. The number of alkyl halides is 3. The molecule has 11 nitrogen and oxygen atoms in total. The summed E-state index contributed by atoms with van der Waals surface area (Å²) < 4.78 is 65.2. The number of halogens is 3. The largest absolute Gasteiger partial charge is 0.471 e. The summed E-state index contributed by atoms with van der Waals surface area (Å²) in [5.41, 5.74) is -0.237. The van der Waals surface area contributed by atoms with Gasteiger partial charge in [0.15, 0.2) is 0 Å². The van der Waals surface area contributed by atoms with Gasteiger partial charge in [-0.15, -0.1) is 0 Å². The van der Waals surface area contributed by atoms with Gasteiger partial charge in [0.2, 0.25) is 15.9 Å². The molecular weight excluding hydrogens is 687 g/mol. The fourth-order valence-electron chi connectivity index (χ4n) is 5.72. The van der Waals surface area contributed by atoms with Crippen LogP contribution in [0.2, 0.25) is 0 Å². The van der Waals surface area contributed by atoms with Gasteiger partial charge in [-0.3, -0.25) is 19.3 Å². The van der Waals surface area contributed by atoms with E-state index in [-0.39, 0.29) is 28.6 Å². The maximum Gasteiger partial charge on any atom is 0.471 e. The van der Waals surface area contributed by atoms with Gasteiger partial charge in [-0.05, 0) is 55.6 Å². The summed E-state index contributed by atoms with van der Waals surface area (Å²) in [7, 11) is -0.884. The van der Waals surface area contributed by atoms with Crippen molar-refractivity contribution in [2.24, 2.45) is 11.3 Å². The molecule has 1 unspecified atom stereocenters. The van der Waals surface area contributed by atoms with Crippen LogP contribution >= 0.6 is 0 Å². The number of aliphatic hydroxyl groups is 1. The molecule has 0 aliphatic carbocycles. The van der Waals surface area contributed by atoms with Crippen molar-refractivity contribution in [1.29, 1.82) is 0 Å². The van der Waals surface area contributed by atoms with E-state index in [1.807, 2.05) is 83.5 Å². The fourth-order valence-corrected chi connectivity index (χ4v) is 6.86. The lowest BCUT2D eigenvalue weighted by Crippen LogP contribution is -2.63. The molecule has 15 heteroatoms. The van der Waals surface area contributed by atoms with Crippen LogP contribution in [-0.2, 0) is 35.6 Å². The van der Waals surface area contributed by atoms with Crippen molar-refractivity contribution in [1.82, 2.24) is 20.3 Å². The molecule has 3 amide bonds. The van der Waals surface area contributed by atoms with Crippen LogP contribution in [0, 0.1) is 11.3 Å². The minimum absolute atomic E-state index is 0.0535. The molecule has 0 spiro atoms. The van der Waals surface area contributed by atoms with Gasteiger partial charge in [-0.2, -0.15) is 13.2 Å². The first-order chi connectivity index (χ1) is 23.3. The molecule has 0 aliphatic heterocycles. The zero-order valence-electron chi connectivity index (χ0n) is 30.8. The molecule has 0 heterocycles. The van der Waals surface area contributed by atoms with E-state index in [4.69, 9.17) is 0 Å². The second-order valence-corrected chi connectivity index (χ2v) is 16.4. The maximum atomic E-state index is 13.8. The third-order valence-electron chi connectivity index (χ3n) is 8.74. The van der Waals surface area contributed by atoms with Crippen molar-refractivity contribution in [3.8, 4) is 0 Å². The molecule has 2 aromatic carbocycles. The molecule has 0 saturated heterocycles. The number of anilines is 1. The van der Waals surface area contributed by atoms with Gasteiger partial charge in [0.25, 0.3) is 5.91 Å². The zero-order chi connectivity index (χ0) is 39.1. The van der Waals surface area contributed by atoms with Crippen LogP contribution in [-0.4, -0.2) is 80.8 Å². The first kappa shape index (κ1) is 43.4. The number of carbonyl (C=O) groups excluding carboxylic acids is 3. The van der Waals surface area contributed by atoms with E-state index in [1.165, 1.54) is 19.1 Å². The van der Waals surface area contributed by atoms with Gasteiger partial charge in [0.05, 0.1) is 17.8 Å². The van der Waals surface area contributed by atoms with E-state index in [1.54, 1.807) is 30.4 Å². The van der Waals surface area contributed by atoms with Crippen molar-refractivity contribution < 1.29 is 41.1 Å². The van der Waals surface area contributed by atoms with Crippen molar-refractivity contribution >= 4 is 33.4 Å². The Kier molecular flexibility index (Phi) is 14.6. The topological polar surface area (TPSA) is 157 Å². The minimum atomic E-state index is -5.08. The monoisotopic (exact) mass is 739 g/mol. The predicted octanol–water partition coefficient (Wildman–Crippen LogP) is 4.45. The molecule has 2 rings (SSSR count). The molecule has 0 radical (unpaired) electrons. The normalized spacial score (nSPS) is 15.6. The number of aliphatic hydroxyl groups excluding tert-OH is 1. The lowest BCUT2D eigenvalue weighted by atomic mass is 9.76. The number of carbonyl (C=O) groups is 3. The van der Waals surface area contributed by atoms with Crippen LogP contribution < -0.4 is 20.7 Å². The summed E-state index contributed by atoms with van der Waals surface area (Å²) in [6.07, 6.45) is -4.76. The van der Waals surface area contributed by atoms with E-state index >= 15 is 0 Å². The van der Waals surface area contributed by atoms with Gasteiger partial charge in [-0.25, -0.2) is 13.1 Å². The van der Waals surface area contributed by atoms with Crippen LogP contribution in [0.25, 0.3) is 0 Å². The van der Waals surface area contributed by atoms with Crippen LogP contribution in [0.15, 0.2) is 66.2 Å². The van der Waals surface area contributed by atoms with Gasteiger partial charge in [0.1, 0.15) is 6.23 Å². The van der Waals surface area contributed by atoms with Gasteiger partial charge >= 0.3 is 12.1 Å². The third kappa shape index (κ3) is 12.2. The Morgan fingerprint density at radius 3 is 1.96 bits per heavy atom. The molecule has 0 bridgehead atoms. The average Bonchev–Trinajstić information content (AvgIpc) is 3.01. The van der Waals surface area contributed by atoms with Gasteiger partial charge in [0, 0.05) is 22.7 Å². The van der Waals surface area contributed by atoms with E-state index in [0.29, 0.717) is 0 Å². The number of likely N-dealkylation sites (N-methyl/N-ethyl adjacent to an activating group) is 2. The first-order valence-corrected chi connectivity index (χ1v) is 18.1. The van der Waals surface area contributed by atoms with Crippen molar-refractivity contribution in [3.63, 3.8) is 0 Å². The van der Waals surface area contributed by atoms with Crippen molar-refractivity contribution in [2.75, 3.05) is 19.4 Å².